The first-order chi connectivity index (χ1) is 25.1. The van der Waals surface area contributed by atoms with Gasteiger partial charge in [0.2, 0.25) is 0 Å². The SMILES string of the molecule is CC1CCOC2(C1)OC1CC3C4CC(O)C5CC(OC6OC(COC7OC(CO)C(O)C(O)C7O)C(O)C(O)C6O)CCC5(C)C4CCC3(C)C1C2C. The average molecular weight is 757 g/mol. The molecule has 304 valence electrons. The molecule has 4 saturated carbocycles. The second kappa shape index (κ2) is 14.4. The van der Waals surface area contributed by atoms with Crippen LogP contribution in [-0.2, 0) is 28.4 Å². The van der Waals surface area contributed by atoms with Crippen molar-refractivity contribution in [3.8, 4) is 0 Å². The lowest BCUT2D eigenvalue weighted by atomic mass is 9.43. The maximum Gasteiger partial charge on any atom is 0.186 e. The fraction of sp³-hybridized carbons (Fsp3) is 1.00. The molecule has 0 aromatic carbocycles. The Hall–Kier alpha value is -0.560. The number of rotatable bonds is 6. The van der Waals surface area contributed by atoms with Crippen molar-refractivity contribution in [2.45, 2.75) is 171 Å². The number of ether oxygens (including phenoxy) is 6. The van der Waals surface area contributed by atoms with E-state index in [1.54, 1.807) is 0 Å². The molecule has 0 aromatic rings. The zero-order valence-electron chi connectivity index (χ0n) is 31.6. The van der Waals surface area contributed by atoms with Crippen molar-refractivity contribution >= 4 is 0 Å². The zero-order valence-corrected chi connectivity index (χ0v) is 31.6. The third-order valence-electron chi connectivity index (χ3n) is 16.2. The normalized spacial score (nSPS) is 59.5. The van der Waals surface area contributed by atoms with E-state index in [0.717, 1.165) is 51.6 Å². The monoisotopic (exact) mass is 756 g/mol. The molecule has 1 spiro atoms. The van der Waals surface area contributed by atoms with Crippen molar-refractivity contribution in [2.75, 3.05) is 19.8 Å². The van der Waals surface area contributed by atoms with Crippen LogP contribution in [0, 0.1) is 52.3 Å². The van der Waals surface area contributed by atoms with Crippen molar-refractivity contribution < 1.29 is 69.3 Å². The second-order valence-corrected chi connectivity index (χ2v) is 18.9. The molecule has 0 aromatic heterocycles. The van der Waals surface area contributed by atoms with Gasteiger partial charge in [0.25, 0.3) is 0 Å². The van der Waals surface area contributed by atoms with E-state index in [9.17, 15) is 40.9 Å². The lowest BCUT2D eigenvalue weighted by molar-refractivity contribution is -0.338. The maximum absolute atomic E-state index is 11.9. The lowest BCUT2D eigenvalue weighted by Gasteiger charge is -2.62. The van der Waals surface area contributed by atoms with Crippen molar-refractivity contribution in [2.24, 2.45) is 52.3 Å². The Bertz CT molecular complexity index is 1310. The van der Waals surface area contributed by atoms with E-state index in [-0.39, 0.29) is 29.0 Å². The predicted molar refractivity (Wildman–Crippen MR) is 184 cm³/mol. The molecule has 8 aliphatic rings. The third kappa shape index (κ3) is 6.29. The topological polar surface area (TPSA) is 217 Å². The molecule has 14 heteroatoms. The Labute approximate surface area is 312 Å². The Kier molecular flexibility index (Phi) is 10.6. The molecule has 0 radical (unpaired) electrons. The molecule has 8 rings (SSSR count). The van der Waals surface area contributed by atoms with Crippen LogP contribution in [0.2, 0.25) is 0 Å². The van der Waals surface area contributed by atoms with Gasteiger partial charge >= 0.3 is 0 Å². The van der Waals surface area contributed by atoms with E-state index in [0.29, 0.717) is 48.3 Å². The van der Waals surface area contributed by atoms with Crippen molar-refractivity contribution in [1.29, 1.82) is 0 Å². The molecular weight excluding hydrogens is 692 g/mol. The van der Waals surface area contributed by atoms with Crippen molar-refractivity contribution in [3.05, 3.63) is 0 Å². The fourth-order valence-corrected chi connectivity index (χ4v) is 13.3. The van der Waals surface area contributed by atoms with E-state index >= 15 is 0 Å². The summed E-state index contributed by atoms with van der Waals surface area (Å²) in [4.78, 5) is 0. The fourth-order valence-electron chi connectivity index (χ4n) is 13.3. The highest BCUT2D eigenvalue weighted by atomic mass is 16.7. The number of aliphatic hydroxyl groups excluding tert-OH is 8. The molecule has 23 unspecified atom stereocenters. The summed E-state index contributed by atoms with van der Waals surface area (Å²) in [6.45, 7) is 9.25. The van der Waals surface area contributed by atoms with Gasteiger partial charge in [0, 0.05) is 12.3 Å². The molecule has 23 atom stereocenters. The second-order valence-electron chi connectivity index (χ2n) is 18.9. The van der Waals surface area contributed by atoms with Gasteiger partial charge in [-0.3, -0.25) is 0 Å². The largest absolute Gasteiger partial charge is 0.394 e. The first-order valence-corrected chi connectivity index (χ1v) is 20.4. The van der Waals surface area contributed by atoms with Crippen LogP contribution in [0.1, 0.15) is 85.5 Å². The predicted octanol–water partition coefficient (Wildman–Crippen LogP) is 0.413. The molecule has 14 nitrogen and oxygen atoms in total. The van der Waals surface area contributed by atoms with E-state index in [2.05, 4.69) is 27.7 Å². The minimum Gasteiger partial charge on any atom is -0.394 e. The highest BCUT2D eigenvalue weighted by molar-refractivity contribution is 5.16. The summed E-state index contributed by atoms with van der Waals surface area (Å²) in [5.41, 5.74) is 0.0608. The summed E-state index contributed by atoms with van der Waals surface area (Å²) in [6, 6.07) is 0. The average Bonchev–Trinajstić information content (AvgIpc) is 3.56. The molecular formula is C39H64O14. The van der Waals surface area contributed by atoms with Gasteiger partial charge in [0.15, 0.2) is 18.4 Å². The number of fused-ring (bicyclic) bond motifs is 7. The standard InChI is InChI=1S/C39H64O14/c1-17-7-10-49-39(14-17)18(2)28-25(53-39)13-22-20-12-24(41)23-11-19(5-8-37(23,3)21(20)6-9-38(22,28)4)50-36-34(47)32(45)30(43)27(52-36)16-48-35-33(46)31(44)29(42)26(15-40)51-35/h17-36,40-47H,5-16H2,1-4H3. The van der Waals surface area contributed by atoms with Crippen LogP contribution in [0.5, 0.6) is 0 Å². The van der Waals surface area contributed by atoms with Gasteiger partial charge in [-0.15, -0.1) is 0 Å². The van der Waals surface area contributed by atoms with Gasteiger partial charge in [-0.05, 0) is 97.7 Å². The molecule has 8 fully saturated rings. The number of aliphatic hydroxyl groups is 8. The lowest BCUT2D eigenvalue weighted by Crippen LogP contribution is -2.62. The maximum atomic E-state index is 11.9. The van der Waals surface area contributed by atoms with Crippen LogP contribution >= 0.6 is 0 Å². The van der Waals surface area contributed by atoms with Crippen LogP contribution in [0.15, 0.2) is 0 Å². The summed E-state index contributed by atoms with van der Waals surface area (Å²) < 4.78 is 36.7. The van der Waals surface area contributed by atoms with Gasteiger partial charge in [0.05, 0.1) is 38.1 Å². The Balaban J connectivity index is 0.908. The quantitative estimate of drug-likeness (QED) is 0.173. The van der Waals surface area contributed by atoms with Crippen molar-refractivity contribution in [1.82, 2.24) is 0 Å². The summed E-state index contributed by atoms with van der Waals surface area (Å²) >= 11 is 0. The molecule has 0 amide bonds. The summed E-state index contributed by atoms with van der Waals surface area (Å²) in [5, 5.41) is 84.3. The van der Waals surface area contributed by atoms with Gasteiger partial charge in [-0.1, -0.05) is 27.7 Å². The van der Waals surface area contributed by atoms with E-state index in [1.165, 1.54) is 0 Å². The zero-order chi connectivity index (χ0) is 37.8. The Morgan fingerprint density at radius 3 is 2.09 bits per heavy atom. The van der Waals surface area contributed by atoms with Crippen LogP contribution in [0.4, 0.5) is 0 Å². The molecule has 0 bridgehead atoms. The third-order valence-corrected chi connectivity index (χ3v) is 16.2. The molecule has 8 N–H and O–H groups in total. The van der Waals surface area contributed by atoms with Crippen LogP contribution in [-0.4, -0.2) is 146 Å². The number of hydrogen-bond acceptors (Lipinski definition) is 14. The van der Waals surface area contributed by atoms with Crippen LogP contribution in [0.3, 0.4) is 0 Å². The minimum atomic E-state index is -1.65. The summed E-state index contributed by atoms with van der Waals surface area (Å²) in [7, 11) is 0. The number of hydrogen-bond donors (Lipinski definition) is 8. The highest BCUT2D eigenvalue weighted by Crippen LogP contribution is 2.71. The molecule has 4 heterocycles. The molecule has 53 heavy (non-hydrogen) atoms. The van der Waals surface area contributed by atoms with E-state index < -0.39 is 86.5 Å². The van der Waals surface area contributed by atoms with Gasteiger partial charge < -0.3 is 69.3 Å². The van der Waals surface area contributed by atoms with E-state index in [1.807, 2.05) is 0 Å². The first kappa shape index (κ1) is 39.3. The molecule has 4 aliphatic heterocycles. The summed E-state index contributed by atoms with van der Waals surface area (Å²) in [5.74, 6) is 2.29. The minimum absolute atomic E-state index is 0.00936. The highest BCUT2D eigenvalue weighted by Gasteiger charge is 2.70. The van der Waals surface area contributed by atoms with E-state index in [4.69, 9.17) is 28.4 Å². The molecule has 4 aliphatic carbocycles. The van der Waals surface area contributed by atoms with Crippen LogP contribution < -0.4 is 0 Å². The van der Waals surface area contributed by atoms with Gasteiger partial charge in [-0.25, -0.2) is 0 Å². The van der Waals surface area contributed by atoms with Crippen molar-refractivity contribution in [3.63, 3.8) is 0 Å². The van der Waals surface area contributed by atoms with Gasteiger partial charge in [-0.2, -0.15) is 0 Å². The molecule has 4 saturated heterocycles. The Morgan fingerprint density at radius 1 is 0.698 bits per heavy atom. The van der Waals surface area contributed by atoms with Crippen LogP contribution in [0.25, 0.3) is 0 Å². The first-order valence-electron chi connectivity index (χ1n) is 20.4. The Morgan fingerprint density at radius 2 is 1.38 bits per heavy atom. The smallest absolute Gasteiger partial charge is 0.186 e. The van der Waals surface area contributed by atoms with Gasteiger partial charge in [0.1, 0.15) is 48.8 Å². The summed E-state index contributed by atoms with van der Waals surface area (Å²) in [6.07, 6.45) is -7.20.